The smallest absolute Gasteiger partial charge is 0.274 e. The van der Waals surface area contributed by atoms with E-state index in [-0.39, 0.29) is 17.7 Å². The van der Waals surface area contributed by atoms with Gasteiger partial charge in [0.1, 0.15) is 11.3 Å². The van der Waals surface area contributed by atoms with Gasteiger partial charge >= 0.3 is 0 Å². The van der Waals surface area contributed by atoms with E-state index in [1.165, 1.54) is 0 Å². The molecule has 1 aliphatic heterocycles. The van der Waals surface area contributed by atoms with Crippen molar-refractivity contribution in [3.63, 3.8) is 0 Å². The lowest BCUT2D eigenvalue weighted by atomic mass is 10.1. The molecule has 4 rings (SSSR count). The van der Waals surface area contributed by atoms with Gasteiger partial charge in [0.25, 0.3) is 5.56 Å². The van der Waals surface area contributed by atoms with Gasteiger partial charge in [0.2, 0.25) is 0 Å². The van der Waals surface area contributed by atoms with Crippen LogP contribution >= 0.6 is 0 Å². The maximum Gasteiger partial charge on any atom is 0.274 e. The molecule has 124 valence electrons. The third kappa shape index (κ3) is 2.44. The molecule has 1 fully saturated rings. The Bertz CT molecular complexity index is 910. The number of H-pyrrole nitrogens is 1. The molecule has 0 spiro atoms. The quantitative estimate of drug-likeness (QED) is 0.798. The molecular formula is C18H20N4O2. The van der Waals surface area contributed by atoms with Crippen molar-refractivity contribution in [1.29, 1.82) is 0 Å². The van der Waals surface area contributed by atoms with Crippen molar-refractivity contribution < 1.29 is 4.74 Å². The Labute approximate surface area is 139 Å². The molecule has 6 nitrogen and oxygen atoms in total. The average molecular weight is 324 g/mol. The van der Waals surface area contributed by atoms with Gasteiger partial charge in [-0.05, 0) is 6.92 Å². The fourth-order valence-corrected chi connectivity index (χ4v) is 3.17. The van der Waals surface area contributed by atoms with Gasteiger partial charge in [-0.1, -0.05) is 30.3 Å². The number of rotatable bonds is 4. The van der Waals surface area contributed by atoms with Crippen LogP contribution in [0.15, 0.2) is 47.5 Å². The summed E-state index contributed by atoms with van der Waals surface area (Å²) in [4.78, 5) is 22.2. The van der Waals surface area contributed by atoms with Crippen molar-refractivity contribution in [2.75, 3.05) is 20.2 Å². The van der Waals surface area contributed by atoms with Gasteiger partial charge in [0.05, 0.1) is 18.0 Å². The van der Waals surface area contributed by atoms with Crippen molar-refractivity contribution in [3.8, 4) is 11.4 Å². The van der Waals surface area contributed by atoms with Gasteiger partial charge in [0, 0.05) is 38.0 Å². The Hall–Kier alpha value is -2.44. The number of nitrogens with one attached hydrogen (secondary N) is 1. The molecule has 3 aromatic rings. The molecule has 1 aliphatic rings. The van der Waals surface area contributed by atoms with E-state index in [9.17, 15) is 4.79 Å². The fraction of sp³-hybridized carbons (Fsp3) is 0.333. The Balaban J connectivity index is 1.75. The molecule has 0 bridgehead atoms. The number of nitrogens with zero attached hydrogens (tertiary/aromatic N) is 3. The Morgan fingerprint density at radius 1 is 1.29 bits per heavy atom. The maximum absolute atomic E-state index is 12.4. The van der Waals surface area contributed by atoms with E-state index in [0.717, 1.165) is 30.2 Å². The zero-order valence-corrected chi connectivity index (χ0v) is 13.8. The molecule has 0 saturated carbocycles. The SMILES string of the molecule is COC1CN(C(C)c2cn3c(-c4ccccc4)ncc3c(=O)[nH]2)C1. The average Bonchev–Trinajstić information content (AvgIpc) is 2.99. The highest BCUT2D eigenvalue weighted by Crippen LogP contribution is 2.26. The lowest BCUT2D eigenvalue weighted by Gasteiger charge is -2.42. The van der Waals surface area contributed by atoms with E-state index in [1.807, 2.05) is 40.9 Å². The van der Waals surface area contributed by atoms with E-state index in [1.54, 1.807) is 13.3 Å². The predicted octanol–water partition coefficient (Wildman–Crippen LogP) is 2.08. The number of benzene rings is 1. The number of fused-ring (bicyclic) bond motifs is 1. The number of methoxy groups -OCH3 is 1. The molecule has 1 aromatic carbocycles. The van der Waals surface area contributed by atoms with E-state index in [0.29, 0.717) is 5.52 Å². The number of likely N-dealkylation sites (tertiary alicyclic amines) is 1. The summed E-state index contributed by atoms with van der Waals surface area (Å²) >= 11 is 0. The first-order valence-corrected chi connectivity index (χ1v) is 8.10. The summed E-state index contributed by atoms with van der Waals surface area (Å²) in [5.41, 5.74) is 2.32. The largest absolute Gasteiger partial charge is 0.379 e. The zero-order valence-electron chi connectivity index (χ0n) is 13.8. The van der Waals surface area contributed by atoms with E-state index in [4.69, 9.17) is 4.74 Å². The summed E-state index contributed by atoms with van der Waals surface area (Å²) < 4.78 is 7.21. The van der Waals surface area contributed by atoms with Crippen LogP contribution in [-0.2, 0) is 4.74 Å². The minimum atomic E-state index is -0.113. The highest BCUT2D eigenvalue weighted by Gasteiger charge is 2.31. The number of imidazole rings is 1. The summed E-state index contributed by atoms with van der Waals surface area (Å²) in [7, 11) is 1.73. The first-order valence-electron chi connectivity index (χ1n) is 8.10. The van der Waals surface area contributed by atoms with Crippen LogP contribution in [0.4, 0.5) is 0 Å². The van der Waals surface area contributed by atoms with Crippen molar-refractivity contribution >= 4 is 5.52 Å². The molecule has 6 heteroatoms. The Morgan fingerprint density at radius 2 is 2.04 bits per heavy atom. The number of aromatic nitrogens is 3. The second-order valence-corrected chi connectivity index (χ2v) is 6.23. The van der Waals surface area contributed by atoms with Crippen molar-refractivity contribution in [3.05, 3.63) is 58.8 Å². The molecular weight excluding hydrogens is 304 g/mol. The third-order valence-corrected chi connectivity index (χ3v) is 4.79. The highest BCUT2D eigenvalue weighted by molar-refractivity contribution is 5.61. The molecule has 0 radical (unpaired) electrons. The summed E-state index contributed by atoms with van der Waals surface area (Å²) in [5, 5.41) is 0. The van der Waals surface area contributed by atoms with Crippen LogP contribution in [0.2, 0.25) is 0 Å². The zero-order chi connectivity index (χ0) is 16.7. The normalized spacial score (nSPS) is 17.1. The van der Waals surface area contributed by atoms with Crippen LogP contribution in [0, 0.1) is 0 Å². The lowest BCUT2D eigenvalue weighted by Crippen LogP contribution is -2.52. The molecule has 24 heavy (non-hydrogen) atoms. The molecule has 1 N–H and O–H groups in total. The summed E-state index contributed by atoms with van der Waals surface area (Å²) in [6.07, 6.45) is 3.90. The molecule has 3 heterocycles. The number of hydrogen-bond acceptors (Lipinski definition) is 4. The van der Waals surface area contributed by atoms with E-state index < -0.39 is 0 Å². The van der Waals surface area contributed by atoms with Crippen molar-refractivity contribution in [2.24, 2.45) is 0 Å². The van der Waals surface area contributed by atoms with Gasteiger partial charge in [0.15, 0.2) is 0 Å². The first-order chi connectivity index (χ1) is 11.7. The van der Waals surface area contributed by atoms with Crippen LogP contribution in [0.5, 0.6) is 0 Å². The van der Waals surface area contributed by atoms with Crippen molar-refractivity contribution in [2.45, 2.75) is 19.1 Å². The van der Waals surface area contributed by atoms with Gasteiger partial charge in [-0.3, -0.25) is 14.1 Å². The van der Waals surface area contributed by atoms with E-state index in [2.05, 4.69) is 21.8 Å². The van der Waals surface area contributed by atoms with Gasteiger partial charge in [-0.25, -0.2) is 4.98 Å². The molecule has 0 amide bonds. The number of aromatic amines is 1. The summed E-state index contributed by atoms with van der Waals surface area (Å²) in [6, 6.07) is 10.0. The van der Waals surface area contributed by atoms with Crippen LogP contribution in [0.3, 0.4) is 0 Å². The highest BCUT2D eigenvalue weighted by atomic mass is 16.5. The van der Waals surface area contributed by atoms with Crippen LogP contribution in [-0.4, -0.2) is 45.6 Å². The van der Waals surface area contributed by atoms with E-state index >= 15 is 0 Å². The lowest BCUT2D eigenvalue weighted by molar-refractivity contribution is -0.0487. The topological polar surface area (TPSA) is 62.6 Å². The third-order valence-electron chi connectivity index (χ3n) is 4.79. The Morgan fingerprint density at radius 3 is 2.75 bits per heavy atom. The van der Waals surface area contributed by atoms with Crippen LogP contribution in [0.25, 0.3) is 16.9 Å². The van der Waals surface area contributed by atoms with Crippen LogP contribution in [0.1, 0.15) is 18.7 Å². The van der Waals surface area contributed by atoms with Gasteiger partial charge in [-0.2, -0.15) is 0 Å². The number of ether oxygens (including phenoxy) is 1. The first kappa shape index (κ1) is 15.1. The molecule has 1 saturated heterocycles. The number of hydrogen-bond donors (Lipinski definition) is 1. The summed E-state index contributed by atoms with van der Waals surface area (Å²) in [6.45, 7) is 3.86. The minimum Gasteiger partial charge on any atom is -0.379 e. The molecule has 1 atom stereocenters. The molecule has 1 unspecified atom stereocenters. The molecule has 0 aliphatic carbocycles. The second kappa shape index (κ2) is 5.89. The van der Waals surface area contributed by atoms with Crippen LogP contribution < -0.4 is 5.56 Å². The predicted molar refractivity (Wildman–Crippen MR) is 92.0 cm³/mol. The van der Waals surface area contributed by atoms with Gasteiger partial charge in [-0.15, -0.1) is 0 Å². The minimum absolute atomic E-state index is 0.113. The fourth-order valence-electron chi connectivity index (χ4n) is 3.17. The maximum atomic E-state index is 12.4. The van der Waals surface area contributed by atoms with Crippen molar-refractivity contribution in [1.82, 2.24) is 19.3 Å². The van der Waals surface area contributed by atoms with Gasteiger partial charge < -0.3 is 9.72 Å². The molecule has 2 aromatic heterocycles. The second-order valence-electron chi connectivity index (χ2n) is 6.23. The Kier molecular flexibility index (Phi) is 3.70. The summed E-state index contributed by atoms with van der Waals surface area (Å²) in [5.74, 6) is 0.781. The monoisotopic (exact) mass is 324 g/mol. The standard InChI is InChI=1S/C18H20N4O2/c1-12(21-9-14(10-21)24-2)15-11-22-16(18(23)20-15)8-19-17(22)13-6-4-3-5-7-13/h3-8,11-12,14H,9-10H2,1-2H3,(H,20,23).